The van der Waals surface area contributed by atoms with Crippen LogP contribution in [0.1, 0.15) is 30.3 Å². The summed E-state index contributed by atoms with van der Waals surface area (Å²) in [5.41, 5.74) is -0.448. The van der Waals surface area contributed by atoms with Crippen LogP contribution >= 0.6 is 0 Å². The molecule has 1 atom stereocenters. The lowest BCUT2D eigenvalue weighted by Gasteiger charge is -2.30. The lowest BCUT2D eigenvalue weighted by atomic mass is 10.00. The van der Waals surface area contributed by atoms with Crippen molar-refractivity contribution in [1.82, 2.24) is 4.90 Å². The zero-order valence-corrected chi connectivity index (χ0v) is 11.5. The Hall–Kier alpha value is -2.10. The quantitative estimate of drug-likeness (QED) is 0.801. The smallest absolute Gasteiger partial charge is 0.344 e. The lowest BCUT2D eigenvalue weighted by molar-refractivity contribution is 0.0646. The van der Waals surface area contributed by atoms with Gasteiger partial charge in [0.1, 0.15) is 0 Å². The summed E-state index contributed by atoms with van der Waals surface area (Å²) >= 11 is 0. The first kappa shape index (κ1) is 12.9. The largest absolute Gasteiger partial charge is 0.417 e. The van der Waals surface area contributed by atoms with Gasteiger partial charge in [-0.25, -0.2) is 4.79 Å². The van der Waals surface area contributed by atoms with E-state index in [4.69, 9.17) is 4.42 Å². The first-order valence-corrected chi connectivity index (χ1v) is 6.97. The fraction of sp³-hybridized carbons (Fsp3) is 0.375. The highest BCUT2D eigenvalue weighted by Crippen LogP contribution is 2.19. The Kier molecular flexibility index (Phi) is 3.30. The van der Waals surface area contributed by atoms with Crippen LogP contribution in [0.25, 0.3) is 10.8 Å². The predicted octanol–water partition coefficient (Wildman–Crippen LogP) is 2.67. The zero-order chi connectivity index (χ0) is 14.1. The van der Waals surface area contributed by atoms with Crippen LogP contribution in [0.3, 0.4) is 0 Å². The summed E-state index contributed by atoms with van der Waals surface area (Å²) in [7, 11) is 0. The molecule has 104 valence electrons. The highest BCUT2D eigenvalue weighted by atomic mass is 16.4. The van der Waals surface area contributed by atoms with Crippen molar-refractivity contribution < 1.29 is 9.21 Å². The van der Waals surface area contributed by atoms with E-state index in [0.717, 1.165) is 31.3 Å². The number of fused-ring (bicyclic) bond motifs is 1. The van der Waals surface area contributed by atoms with Gasteiger partial charge in [0, 0.05) is 13.1 Å². The third-order valence-electron chi connectivity index (χ3n) is 3.82. The molecule has 1 fully saturated rings. The number of nitrogens with zero attached hydrogens (tertiary/aromatic N) is 1. The summed E-state index contributed by atoms with van der Waals surface area (Å²) in [6.45, 7) is 3.60. The maximum Gasteiger partial charge on any atom is 0.344 e. The normalized spacial score (nSPS) is 19.2. The number of benzene rings is 1. The second kappa shape index (κ2) is 5.12. The number of amides is 1. The fourth-order valence-corrected chi connectivity index (χ4v) is 2.77. The molecule has 4 nitrogen and oxygen atoms in total. The van der Waals surface area contributed by atoms with Crippen molar-refractivity contribution in [2.45, 2.75) is 19.8 Å². The number of carbonyl (C=O) groups is 1. The molecule has 1 aliphatic heterocycles. The van der Waals surface area contributed by atoms with Crippen molar-refractivity contribution in [3.8, 4) is 0 Å². The van der Waals surface area contributed by atoms with Crippen LogP contribution in [0.5, 0.6) is 0 Å². The first-order valence-electron chi connectivity index (χ1n) is 6.97. The van der Waals surface area contributed by atoms with Crippen LogP contribution in [0.4, 0.5) is 0 Å². The monoisotopic (exact) mass is 271 g/mol. The summed E-state index contributed by atoms with van der Waals surface area (Å²) in [6.07, 6.45) is 2.15. The van der Waals surface area contributed by atoms with Crippen LogP contribution < -0.4 is 5.63 Å². The van der Waals surface area contributed by atoms with Crippen molar-refractivity contribution >= 4 is 16.7 Å². The molecule has 2 heterocycles. The van der Waals surface area contributed by atoms with Gasteiger partial charge < -0.3 is 9.32 Å². The molecule has 0 saturated carbocycles. The van der Waals surface area contributed by atoms with Crippen molar-refractivity contribution in [1.29, 1.82) is 0 Å². The Balaban J connectivity index is 1.97. The molecule has 0 N–H and O–H groups in total. The van der Waals surface area contributed by atoms with Gasteiger partial charge >= 0.3 is 5.63 Å². The minimum absolute atomic E-state index is 0.141. The molecule has 0 radical (unpaired) electrons. The number of hydrogen-bond acceptors (Lipinski definition) is 3. The Morgan fingerprint density at radius 2 is 2.15 bits per heavy atom. The van der Waals surface area contributed by atoms with Crippen molar-refractivity contribution in [2.24, 2.45) is 5.92 Å². The Bertz CT molecular complexity index is 704. The molecular weight excluding hydrogens is 254 g/mol. The van der Waals surface area contributed by atoms with E-state index in [1.807, 2.05) is 12.1 Å². The first-order chi connectivity index (χ1) is 9.65. The number of rotatable bonds is 1. The Morgan fingerprint density at radius 1 is 1.35 bits per heavy atom. The number of carbonyl (C=O) groups excluding carboxylic acids is 1. The summed E-state index contributed by atoms with van der Waals surface area (Å²) in [5.74, 6) is 0.460. The molecule has 1 amide bonds. The van der Waals surface area contributed by atoms with Crippen LogP contribution in [-0.2, 0) is 0 Å². The average Bonchev–Trinajstić information content (AvgIpc) is 2.46. The summed E-state index contributed by atoms with van der Waals surface area (Å²) in [5, 5.41) is 1.26. The zero-order valence-electron chi connectivity index (χ0n) is 11.5. The van der Waals surface area contributed by atoms with E-state index in [2.05, 4.69) is 6.92 Å². The van der Waals surface area contributed by atoms with Gasteiger partial charge in [0.2, 0.25) is 0 Å². The third kappa shape index (κ3) is 2.33. The highest BCUT2D eigenvalue weighted by Gasteiger charge is 2.24. The van der Waals surface area contributed by atoms with E-state index in [1.165, 1.54) is 0 Å². The van der Waals surface area contributed by atoms with Gasteiger partial charge in [-0.15, -0.1) is 0 Å². The molecular formula is C16H17NO3. The van der Waals surface area contributed by atoms with Crippen LogP contribution in [0.15, 0.2) is 39.5 Å². The molecule has 0 bridgehead atoms. The number of hydrogen-bond donors (Lipinski definition) is 0. The van der Waals surface area contributed by atoms with Gasteiger partial charge in [0.25, 0.3) is 5.91 Å². The van der Waals surface area contributed by atoms with E-state index >= 15 is 0 Å². The minimum Gasteiger partial charge on any atom is -0.417 e. The fourth-order valence-electron chi connectivity index (χ4n) is 2.77. The molecule has 1 aromatic heterocycles. The third-order valence-corrected chi connectivity index (χ3v) is 3.82. The molecule has 3 rings (SSSR count). The van der Waals surface area contributed by atoms with Crippen molar-refractivity contribution in [3.05, 3.63) is 46.5 Å². The molecule has 1 saturated heterocycles. The lowest BCUT2D eigenvalue weighted by Crippen LogP contribution is -2.39. The molecule has 1 aliphatic rings. The van der Waals surface area contributed by atoms with Crippen LogP contribution in [-0.4, -0.2) is 23.9 Å². The number of likely N-dealkylation sites (tertiary alicyclic amines) is 1. The topological polar surface area (TPSA) is 50.5 Å². The van der Waals surface area contributed by atoms with Crippen LogP contribution in [0, 0.1) is 5.92 Å². The van der Waals surface area contributed by atoms with Gasteiger partial charge in [0.15, 0.2) is 5.76 Å². The van der Waals surface area contributed by atoms with E-state index in [1.54, 1.807) is 23.1 Å². The predicted molar refractivity (Wildman–Crippen MR) is 76.8 cm³/mol. The molecule has 0 spiro atoms. The van der Waals surface area contributed by atoms with Gasteiger partial charge in [-0.3, -0.25) is 4.79 Å². The molecule has 20 heavy (non-hydrogen) atoms. The van der Waals surface area contributed by atoms with E-state index < -0.39 is 5.63 Å². The van der Waals surface area contributed by atoms with E-state index in [0.29, 0.717) is 11.3 Å². The molecule has 2 aromatic rings. The SMILES string of the molecule is C[C@@H]1CCCN(C(=O)c2cc3ccccc3c(=O)o2)C1. The summed E-state index contributed by atoms with van der Waals surface area (Å²) in [6, 6.07) is 8.82. The standard InChI is InChI=1S/C16H17NO3/c1-11-5-4-8-17(10-11)15(18)14-9-12-6-2-3-7-13(12)16(19)20-14/h2-3,6-7,9,11H,4-5,8,10H2,1H3/t11-/m1/s1. The molecule has 1 aromatic carbocycles. The van der Waals surface area contributed by atoms with E-state index in [-0.39, 0.29) is 11.7 Å². The van der Waals surface area contributed by atoms with Crippen molar-refractivity contribution in [3.63, 3.8) is 0 Å². The Labute approximate surface area is 117 Å². The maximum absolute atomic E-state index is 12.4. The highest BCUT2D eigenvalue weighted by molar-refractivity contribution is 5.95. The Morgan fingerprint density at radius 3 is 2.95 bits per heavy atom. The van der Waals surface area contributed by atoms with Gasteiger partial charge in [0.05, 0.1) is 5.39 Å². The second-order valence-electron chi connectivity index (χ2n) is 5.48. The van der Waals surface area contributed by atoms with Crippen molar-refractivity contribution in [2.75, 3.05) is 13.1 Å². The summed E-state index contributed by atoms with van der Waals surface area (Å²) < 4.78 is 5.19. The average molecular weight is 271 g/mol. The van der Waals surface area contributed by atoms with Gasteiger partial charge in [-0.05, 0) is 36.3 Å². The number of piperidine rings is 1. The van der Waals surface area contributed by atoms with E-state index in [9.17, 15) is 9.59 Å². The second-order valence-corrected chi connectivity index (χ2v) is 5.48. The van der Waals surface area contributed by atoms with Crippen LogP contribution in [0.2, 0.25) is 0 Å². The minimum atomic E-state index is -0.448. The molecule has 4 heteroatoms. The summed E-state index contributed by atoms with van der Waals surface area (Å²) in [4.78, 5) is 26.1. The maximum atomic E-state index is 12.4. The molecule has 0 unspecified atom stereocenters. The molecule has 0 aliphatic carbocycles. The van der Waals surface area contributed by atoms with Gasteiger partial charge in [-0.1, -0.05) is 25.1 Å². The van der Waals surface area contributed by atoms with Gasteiger partial charge in [-0.2, -0.15) is 0 Å².